The van der Waals surface area contributed by atoms with Crippen LogP contribution in [0.5, 0.6) is 5.75 Å². The first-order valence-electron chi connectivity index (χ1n) is 6.46. The number of hydrogen-bond donors (Lipinski definition) is 1. The molecule has 106 valence electrons. The van der Waals surface area contributed by atoms with E-state index in [2.05, 4.69) is 44.0 Å². The average molecular weight is 399 g/mol. The predicted molar refractivity (Wildman–Crippen MR) is 90.0 cm³/mol. The molecule has 0 amide bonds. The number of rotatable bonds is 5. The van der Waals surface area contributed by atoms with Crippen LogP contribution >= 0.6 is 31.9 Å². The smallest absolute Gasteiger partial charge is 0.148 e. The fourth-order valence-electron chi connectivity index (χ4n) is 1.97. The minimum atomic E-state index is 0.143. The molecule has 0 aliphatic carbocycles. The molecule has 0 saturated heterocycles. The van der Waals surface area contributed by atoms with E-state index in [4.69, 9.17) is 10.5 Å². The van der Waals surface area contributed by atoms with E-state index >= 15 is 0 Å². The Morgan fingerprint density at radius 2 is 1.65 bits per heavy atom. The first kappa shape index (κ1) is 15.5. The van der Waals surface area contributed by atoms with Gasteiger partial charge in [0, 0.05) is 6.04 Å². The first-order chi connectivity index (χ1) is 9.56. The summed E-state index contributed by atoms with van der Waals surface area (Å²) in [6.45, 7) is 2.55. The van der Waals surface area contributed by atoms with Gasteiger partial charge in [-0.25, -0.2) is 0 Å². The van der Waals surface area contributed by atoms with Crippen LogP contribution < -0.4 is 10.5 Å². The summed E-state index contributed by atoms with van der Waals surface area (Å²) in [7, 11) is 0. The van der Waals surface area contributed by atoms with Gasteiger partial charge in [0.2, 0.25) is 0 Å². The molecule has 0 heterocycles. The van der Waals surface area contributed by atoms with Crippen molar-refractivity contribution in [2.75, 3.05) is 0 Å². The van der Waals surface area contributed by atoms with Crippen LogP contribution in [-0.4, -0.2) is 6.04 Å². The van der Waals surface area contributed by atoms with Crippen LogP contribution in [0.2, 0.25) is 0 Å². The van der Waals surface area contributed by atoms with E-state index in [1.54, 1.807) is 0 Å². The molecular weight excluding hydrogens is 382 g/mol. The highest BCUT2D eigenvalue weighted by Gasteiger charge is 2.10. The molecule has 20 heavy (non-hydrogen) atoms. The third-order valence-electron chi connectivity index (χ3n) is 2.84. The molecule has 2 nitrogen and oxygen atoms in total. The van der Waals surface area contributed by atoms with E-state index < -0.39 is 0 Å². The Hall–Kier alpha value is -0.840. The fourth-order valence-corrected chi connectivity index (χ4v) is 3.48. The third-order valence-corrected chi connectivity index (χ3v) is 4.02. The zero-order valence-electron chi connectivity index (χ0n) is 11.3. The van der Waals surface area contributed by atoms with Gasteiger partial charge in [0.05, 0.1) is 8.95 Å². The zero-order chi connectivity index (χ0) is 14.5. The molecule has 1 unspecified atom stereocenters. The van der Waals surface area contributed by atoms with Crippen molar-refractivity contribution in [1.82, 2.24) is 0 Å². The minimum absolute atomic E-state index is 0.143. The summed E-state index contributed by atoms with van der Waals surface area (Å²) in [4.78, 5) is 0. The lowest BCUT2D eigenvalue weighted by molar-refractivity contribution is 0.302. The molecule has 1 atom stereocenters. The summed E-state index contributed by atoms with van der Waals surface area (Å²) in [5.41, 5.74) is 8.17. The molecule has 2 aromatic carbocycles. The van der Waals surface area contributed by atoms with Crippen LogP contribution in [0, 0.1) is 0 Å². The van der Waals surface area contributed by atoms with Gasteiger partial charge in [-0.2, -0.15) is 0 Å². The van der Waals surface area contributed by atoms with E-state index in [0.717, 1.165) is 26.7 Å². The van der Waals surface area contributed by atoms with Crippen LogP contribution in [0.3, 0.4) is 0 Å². The first-order valence-corrected chi connectivity index (χ1v) is 8.05. The van der Waals surface area contributed by atoms with Gasteiger partial charge < -0.3 is 10.5 Å². The Bertz CT molecular complexity index is 547. The van der Waals surface area contributed by atoms with Gasteiger partial charge in [0.15, 0.2) is 0 Å². The van der Waals surface area contributed by atoms with E-state index in [1.165, 1.54) is 5.56 Å². The molecule has 0 aliphatic rings. The fraction of sp³-hybridized carbons (Fsp3) is 0.250. The van der Waals surface area contributed by atoms with Crippen LogP contribution in [0.15, 0.2) is 51.4 Å². The summed E-state index contributed by atoms with van der Waals surface area (Å²) in [6, 6.07) is 14.4. The van der Waals surface area contributed by atoms with Crippen molar-refractivity contribution in [2.24, 2.45) is 5.73 Å². The Morgan fingerprint density at radius 3 is 2.20 bits per heavy atom. The maximum Gasteiger partial charge on any atom is 0.148 e. The monoisotopic (exact) mass is 397 g/mol. The number of hydrogen-bond acceptors (Lipinski definition) is 2. The summed E-state index contributed by atoms with van der Waals surface area (Å²) >= 11 is 7.13. The van der Waals surface area contributed by atoms with Gasteiger partial charge in [-0.3, -0.25) is 0 Å². The SMILES string of the molecule is CC(N)Cc1cc(Br)c(OCc2ccccc2)c(Br)c1. The highest BCUT2D eigenvalue weighted by molar-refractivity contribution is 9.11. The maximum absolute atomic E-state index is 5.89. The quantitative estimate of drug-likeness (QED) is 0.793. The highest BCUT2D eigenvalue weighted by Crippen LogP contribution is 2.35. The van der Waals surface area contributed by atoms with E-state index in [9.17, 15) is 0 Å². The lowest BCUT2D eigenvalue weighted by atomic mass is 10.1. The molecule has 2 N–H and O–H groups in total. The standard InChI is InChI=1S/C16H17Br2NO/c1-11(19)7-13-8-14(17)16(15(18)9-13)20-10-12-5-3-2-4-6-12/h2-6,8-9,11H,7,10,19H2,1H3. The molecule has 0 radical (unpaired) electrons. The molecule has 0 saturated carbocycles. The Balaban J connectivity index is 2.12. The third kappa shape index (κ3) is 4.33. The van der Waals surface area contributed by atoms with Crippen molar-refractivity contribution in [1.29, 1.82) is 0 Å². The van der Waals surface area contributed by atoms with Crippen LogP contribution in [0.25, 0.3) is 0 Å². The van der Waals surface area contributed by atoms with Gasteiger partial charge in [-0.15, -0.1) is 0 Å². The normalized spacial score (nSPS) is 12.2. The Labute approximate surface area is 136 Å². The van der Waals surface area contributed by atoms with E-state index in [-0.39, 0.29) is 6.04 Å². The van der Waals surface area contributed by atoms with Crippen LogP contribution in [0.1, 0.15) is 18.1 Å². The molecule has 4 heteroatoms. The molecule has 0 bridgehead atoms. The molecule has 2 aromatic rings. The molecule has 0 aliphatic heterocycles. The largest absolute Gasteiger partial charge is 0.487 e. The van der Waals surface area contributed by atoms with Gasteiger partial charge in [0.1, 0.15) is 12.4 Å². The highest BCUT2D eigenvalue weighted by atomic mass is 79.9. The second kappa shape index (κ2) is 7.25. The number of benzene rings is 2. The second-order valence-electron chi connectivity index (χ2n) is 4.84. The minimum Gasteiger partial charge on any atom is -0.487 e. The molecule has 0 fully saturated rings. The summed E-state index contributed by atoms with van der Waals surface area (Å²) < 4.78 is 7.77. The molecule has 2 rings (SSSR count). The Morgan fingerprint density at radius 1 is 1.05 bits per heavy atom. The Kier molecular flexibility index (Phi) is 5.64. The van der Waals surface area contributed by atoms with Gasteiger partial charge in [-0.05, 0) is 68.5 Å². The average Bonchev–Trinajstić information content (AvgIpc) is 2.38. The van der Waals surface area contributed by atoms with Crippen molar-refractivity contribution < 1.29 is 4.74 Å². The zero-order valence-corrected chi connectivity index (χ0v) is 14.4. The van der Waals surface area contributed by atoms with E-state index in [1.807, 2.05) is 37.3 Å². The molecular formula is C16H17Br2NO. The van der Waals surface area contributed by atoms with Crippen molar-refractivity contribution in [3.8, 4) is 5.75 Å². The lowest BCUT2D eigenvalue weighted by Crippen LogP contribution is -2.17. The summed E-state index contributed by atoms with van der Waals surface area (Å²) in [5, 5.41) is 0. The van der Waals surface area contributed by atoms with Crippen LogP contribution in [0.4, 0.5) is 0 Å². The number of nitrogens with two attached hydrogens (primary N) is 1. The maximum atomic E-state index is 5.89. The van der Waals surface area contributed by atoms with Gasteiger partial charge >= 0.3 is 0 Å². The predicted octanol–water partition coefficient (Wildman–Crippen LogP) is 4.68. The topological polar surface area (TPSA) is 35.2 Å². The van der Waals surface area contributed by atoms with Crippen molar-refractivity contribution in [3.05, 3.63) is 62.5 Å². The summed E-state index contributed by atoms with van der Waals surface area (Å²) in [6.07, 6.45) is 0.843. The summed E-state index contributed by atoms with van der Waals surface area (Å²) in [5.74, 6) is 0.822. The van der Waals surface area contributed by atoms with Crippen molar-refractivity contribution in [2.45, 2.75) is 26.0 Å². The molecule has 0 spiro atoms. The van der Waals surface area contributed by atoms with Crippen LogP contribution in [-0.2, 0) is 13.0 Å². The van der Waals surface area contributed by atoms with Crippen molar-refractivity contribution >= 4 is 31.9 Å². The van der Waals surface area contributed by atoms with E-state index in [0.29, 0.717) is 6.61 Å². The van der Waals surface area contributed by atoms with Gasteiger partial charge in [-0.1, -0.05) is 30.3 Å². The van der Waals surface area contributed by atoms with Crippen molar-refractivity contribution in [3.63, 3.8) is 0 Å². The molecule has 0 aromatic heterocycles. The number of ether oxygens (including phenoxy) is 1. The second-order valence-corrected chi connectivity index (χ2v) is 6.55. The number of halogens is 2. The van der Waals surface area contributed by atoms with Gasteiger partial charge in [0.25, 0.3) is 0 Å². The lowest BCUT2D eigenvalue weighted by Gasteiger charge is -2.13.